The van der Waals surface area contributed by atoms with Gasteiger partial charge in [-0.3, -0.25) is 4.79 Å². The summed E-state index contributed by atoms with van der Waals surface area (Å²) in [6, 6.07) is 5.34. The summed E-state index contributed by atoms with van der Waals surface area (Å²) < 4.78 is 0.863. The molecular formula is C8H4BrN2O. The average molecular weight is 224 g/mol. The van der Waals surface area contributed by atoms with Crippen molar-refractivity contribution in [3.05, 3.63) is 28.2 Å². The maximum Gasteiger partial charge on any atom is 0.280 e. The molecule has 1 amide bonds. The van der Waals surface area contributed by atoms with Gasteiger partial charge in [0.05, 0.1) is 11.3 Å². The van der Waals surface area contributed by atoms with Crippen LogP contribution in [0.3, 0.4) is 0 Å². The van der Waals surface area contributed by atoms with E-state index in [1.807, 2.05) is 6.07 Å². The lowest BCUT2D eigenvalue weighted by Gasteiger charge is -2.07. The summed E-state index contributed by atoms with van der Waals surface area (Å²) in [6.45, 7) is 0. The second kappa shape index (κ2) is 2.71. The van der Waals surface area contributed by atoms with Crippen molar-refractivity contribution in [2.45, 2.75) is 0 Å². The Kier molecular flexibility index (Phi) is 1.69. The Bertz CT molecular complexity index is 373. The number of nitrogens with zero attached hydrogens (tertiary/aromatic N) is 2. The zero-order chi connectivity index (χ0) is 8.55. The van der Waals surface area contributed by atoms with Crippen LogP contribution in [0.25, 0.3) is 0 Å². The smallest absolute Gasteiger partial charge is 0.267 e. The van der Waals surface area contributed by atoms with E-state index in [0.29, 0.717) is 11.3 Å². The molecule has 0 spiro atoms. The number of hydrogen-bond donors (Lipinski definition) is 0. The lowest BCUT2D eigenvalue weighted by molar-refractivity contribution is 0.100. The van der Waals surface area contributed by atoms with Gasteiger partial charge in [0.1, 0.15) is 6.34 Å². The lowest BCUT2D eigenvalue weighted by Crippen LogP contribution is -2.09. The summed E-state index contributed by atoms with van der Waals surface area (Å²) in [4.78, 5) is 14.7. The second-order valence-electron chi connectivity index (χ2n) is 2.34. The van der Waals surface area contributed by atoms with Crippen LogP contribution >= 0.6 is 15.9 Å². The third-order valence-corrected chi connectivity index (χ3v) is 2.05. The summed E-state index contributed by atoms with van der Waals surface area (Å²) in [5, 5.41) is 3.95. The van der Waals surface area contributed by atoms with Crippen molar-refractivity contribution in [1.82, 2.24) is 5.32 Å². The van der Waals surface area contributed by atoms with E-state index in [1.54, 1.807) is 12.1 Å². The average Bonchev–Trinajstić information content (AvgIpc) is 2.07. The molecular weight excluding hydrogens is 220 g/mol. The van der Waals surface area contributed by atoms with Crippen LogP contribution < -0.4 is 5.32 Å². The maximum absolute atomic E-state index is 11.2. The predicted octanol–water partition coefficient (Wildman–Crippen LogP) is 1.87. The molecule has 0 saturated heterocycles. The number of hydrogen-bond acceptors (Lipinski definition) is 1. The van der Waals surface area contributed by atoms with Crippen molar-refractivity contribution in [3.8, 4) is 0 Å². The van der Waals surface area contributed by atoms with Gasteiger partial charge in [-0.05, 0) is 18.2 Å². The van der Waals surface area contributed by atoms with Crippen LogP contribution in [0, 0.1) is 0 Å². The van der Waals surface area contributed by atoms with Crippen LogP contribution in [0.1, 0.15) is 10.4 Å². The maximum atomic E-state index is 11.2. The van der Waals surface area contributed by atoms with Crippen molar-refractivity contribution >= 4 is 33.9 Å². The van der Waals surface area contributed by atoms with Crippen LogP contribution in [0.15, 0.2) is 27.7 Å². The van der Waals surface area contributed by atoms with Gasteiger partial charge in [0, 0.05) is 4.47 Å². The Balaban J connectivity index is 2.59. The topological polar surface area (TPSA) is 43.5 Å². The zero-order valence-corrected chi connectivity index (χ0v) is 7.58. The molecule has 1 heterocycles. The van der Waals surface area contributed by atoms with Crippen molar-refractivity contribution in [2.75, 3.05) is 0 Å². The molecule has 1 radical (unpaired) electrons. The van der Waals surface area contributed by atoms with Crippen molar-refractivity contribution in [1.29, 1.82) is 0 Å². The van der Waals surface area contributed by atoms with Crippen LogP contribution in [0.2, 0.25) is 0 Å². The summed E-state index contributed by atoms with van der Waals surface area (Å²) >= 11 is 3.27. The van der Waals surface area contributed by atoms with Gasteiger partial charge in [-0.15, -0.1) is 0 Å². The molecule has 0 fully saturated rings. The van der Waals surface area contributed by atoms with E-state index in [0.717, 1.165) is 4.47 Å². The summed E-state index contributed by atoms with van der Waals surface area (Å²) in [6.07, 6.45) is 1.28. The number of benzene rings is 1. The minimum atomic E-state index is -0.235. The highest BCUT2D eigenvalue weighted by atomic mass is 79.9. The first-order chi connectivity index (χ1) is 5.77. The minimum Gasteiger partial charge on any atom is -0.267 e. The molecule has 12 heavy (non-hydrogen) atoms. The van der Waals surface area contributed by atoms with Gasteiger partial charge >= 0.3 is 0 Å². The standard InChI is InChI=1S/C8H4BrN2O/c9-5-1-2-7-6(3-5)8(12)11-4-10-7/h1-4H. The summed E-state index contributed by atoms with van der Waals surface area (Å²) in [5.41, 5.74) is 1.23. The number of fused-ring (bicyclic) bond motifs is 1. The highest BCUT2D eigenvalue weighted by molar-refractivity contribution is 9.10. The van der Waals surface area contributed by atoms with E-state index >= 15 is 0 Å². The van der Waals surface area contributed by atoms with Gasteiger partial charge in [0.2, 0.25) is 0 Å². The van der Waals surface area contributed by atoms with E-state index in [-0.39, 0.29) is 5.91 Å². The second-order valence-corrected chi connectivity index (χ2v) is 3.26. The molecule has 1 aromatic rings. The Morgan fingerprint density at radius 2 is 2.17 bits per heavy atom. The van der Waals surface area contributed by atoms with Gasteiger partial charge < -0.3 is 0 Å². The molecule has 1 aliphatic heterocycles. The first-order valence-electron chi connectivity index (χ1n) is 3.34. The third-order valence-electron chi connectivity index (χ3n) is 1.56. The van der Waals surface area contributed by atoms with Crippen LogP contribution in [-0.2, 0) is 0 Å². The molecule has 2 rings (SSSR count). The highest BCUT2D eigenvalue weighted by Gasteiger charge is 2.14. The number of amides is 1. The summed E-state index contributed by atoms with van der Waals surface area (Å²) in [7, 11) is 0. The normalized spacial score (nSPS) is 13.9. The molecule has 0 N–H and O–H groups in total. The minimum absolute atomic E-state index is 0.235. The molecule has 0 aliphatic carbocycles. The number of carbonyl (C=O) groups is 1. The lowest BCUT2D eigenvalue weighted by atomic mass is 10.1. The van der Waals surface area contributed by atoms with Crippen molar-refractivity contribution in [3.63, 3.8) is 0 Å². The van der Waals surface area contributed by atoms with Crippen LogP contribution in [0.4, 0.5) is 5.69 Å². The molecule has 0 bridgehead atoms. The molecule has 3 nitrogen and oxygen atoms in total. The fraction of sp³-hybridized carbons (Fsp3) is 0. The first-order valence-corrected chi connectivity index (χ1v) is 4.14. The Hall–Kier alpha value is -1.16. The van der Waals surface area contributed by atoms with Crippen LogP contribution in [0.5, 0.6) is 0 Å². The monoisotopic (exact) mass is 223 g/mol. The zero-order valence-electron chi connectivity index (χ0n) is 5.99. The molecule has 1 aromatic carbocycles. The highest BCUT2D eigenvalue weighted by Crippen LogP contribution is 2.23. The number of halogens is 1. The van der Waals surface area contributed by atoms with Gasteiger partial charge in [0.25, 0.3) is 5.91 Å². The van der Waals surface area contributed by atoms with Gasteiger partial charge in [-0.1, -0.05) is 15.9 Å². The molecule has 0 aromatic heterocycles. The van der Waals surface area contributed by atoms with Crippen LogP contribution in [-0.4, -0.2) is 12.2 Å². The third kappa shape index (κ3) is 1.14. The van der Waals surface area contributed by atoms with Crippen molar-refractivity contribution in [2.24, 2.45) is 4.99 Å². The van der Waals surface area contributed by atoms with E-state index < -0.39 is 0 Å². The SMILES string of the molecule is O=C1N=C[N]c2ccc(Br)cc21. The predicted molar refractivity (Wildman–Crippen MR) is 48.8 cm³/mol. The van der Waals surface area contributed by atoms with E-state index in [9.17, 15) is 4.79 Å². The van der Waals surface area contributed by atoms with Gasteiger partial charge in [-0.25, -0.2) is 5.32 Å². The quantitative estimate of drug-likeness (QED) is 0.663. The molecule has 1 aliphatic rings. The number of aliphatic imine (C=N–C) groups is 1. The Morgan fingerprint density at radius 1 is 1.33 bits per heavy atom. The van der Waals surface area contributed by atoms with Crippen molar-refractivity contribution < 1.29 is 4.79 Å². The van der Waals surface area contributed by atoms with Gasteiger partial charge in [0.15, 0.2) is 0 Å². The largest absolute Gasteiger partial charge is 0.280 e. The van der Waals surface area contributed by atoms with E-state index in [2.05, 4.69) is 26.2 Å². The number of carbonyl (C=O) groups excluding carboxylic acids is 1. The summed E-state index contributed by atoms with van der Waals surface area (Å²) in [5.74, 6) is -0.235. The molecule has 59 valence electrons. The van der Waals surface area contributed by atoms with E-state index in [1.165, 1.54) is 6.34 Å². The number of rotatable bonds is 0. The Morgan fingerprint density at radius 3 is 3.00 bits per heavy atom. The first kappa shape index (κ1) is 7.49. The fourth-order valence-corrected chi connectivity index (χ4v) is 1.37. The molecule has 0 saturated carbocycles. The van der Waals surface area contributed by atoms with E-state index in [4.69, 9.17) is 0 Å². The van der Waals surface area contributed by atoms with Gasteiger partial charge in [-0.2, -0.15) is 4.99 Å². The molecule has 0 atom stereocenters. The fourth-order valence-electron chi connectivity index (χ4n) is 1.01. The molecule has 4 heteroatoms. The molecule has 0 unspecified atom stereocenters. The Labute approximate surface area is 77.6 Å².